The molecule has 4 atom stereocenters. The van der Waals surface area contributed by atoms with Crippen molar-refractivity contribution in [2.24, 2.45) is 0 Å². The zero-order valence-corrected chi connectivity index (χ0v) is 7.89. The minimum atomic E-state index is -1.21. The van der Waals surface area contributed by atoms with E-state index in [1.807, 2.05) is 5.82 Å². The first-order valence-electron chi connectivity index (χ1n) is 3.35. The minimum absolute atomic E-state index is 0.384. The molecule has 1 fully saturated rings. The molecule has 1 saturated heterocycles. The Morgan fingerprint density at radius 1 is 1.27 bits per heavy atom. The van der Waals surface area contributed by atoms with Crippen LogP contribution in [0.3, 0.4) is 0 Å². The fourth-order valence-electron chi connectivity index (χ4n) is 1.03. The number of ether oxygens (including phenoxy) is 1. The Kier molecular flexibility index (Phi) is 3.30. The van der Waals surface area contributed by atoms with E-state index in [1.54, 1.807) is 0 Å². The van der Waals surface area contributed by atoms with E-state index in [1.165, 1.54) is 0 Å². The molecule has 0 aliphatic carbocycles. The molecule has 1 rings (SSSR count). The monoisotopic (exact) mass is 228 g/mol. The molecule has 0 aromatic heterocycles. The Labute approximate surface area is 71.3 Å². The molecule has 0 unspecified atom stereocenters. The van der Waals surface area contributed by atoms with Crippen molar-refractivity contribution in [2.45, 2.75) is 35.7 Å². The molecule has 0 bridgehead atoms. The van der Waals surface area contributed by atoms with Crippen LogP contribution in [0.4, 0.5) is 0 Å². The van der Waals surface area contributed by atoms with Gasteiger partial charge < -0.3 is 0 Å². The van der Waals surface area contributed by atoms with Crippen LogP contribution in [-0.2, 0) is 4.74 Å². The molecule has 0 radical (unpaired) electrons. The average Bonchev–Trinajstić information content (AvgIpc) is 2.19. The summed E-state index contributed by atoms with van der Waals surface area (Å²) in [4.78, 5) is 0. The van der Waals surface area contributed by atoms with E-state index in [-0.39, 0.29) is 6.10 Å². The van der Waals surface area contributed by atoms with Gasteiger partial charge in [0.05, 0.1) is 0 Å². The molecule has 0 aromatic rings. The van der Waals surface area contributed by atoms with E-state index in [2.05, 4.69) is 0 Å². The number of hydrogen-bond acceptors (Lipinski definition) is 4. The molecular formula is C6H12O4Se. The Hall–Kier alpha value is 0.359. The summed E-state index contributed by atoms with van der Waals surface area (Å²) in [6, 6.07) is 0. The van der Waals surface area contributed by atoms with Crippen molar-refractivity contribution < 1.29 is 20.1 Å². The third-order valence-corrected chi connectivity index (χ3v) is 3.06. The van der Waals surface area contributed by atoms with Gasteiger partial charge in [-0.1, -0.05) is 0 Å². The quantitative estimate of drug-likeness (QED) is 0.507. The van der Waals surface area contributed by atoms with Crippen LogP contribution in [0.2, 0.25) is 11.1 Å². The molecule has 1 heterocycles. The van der Waals surface area contributed by atoms with Crippen LogP contribution in [0.25, 0.3) is 0 Å². The first-order valence-corrected chi connectivity index (χ1v) is 6.28. The van der Waals surface area contributed by atoms with Gasteiger partial charge in [0.1, 0.15) is 0 Å². The van der Waals surface area contributed by atoms with Crippen LogP contribution in [0.15, 0.2) is 0 Å². The number of aliphatic hydroxyl groups is 3. The van der Waals surface area contributed by atoms with Crippen LogP contribution in [0, 0.1) is 0 Å². The fraction of sp³-hybridized carbons (Fsp3) is 1.00. The van der Waals surface area contributed by atoms with Gasteiger partial charge >= 0.3 is 70.8 Å². The van der Waals surface area contributed by atoms with Gasteiger partial charge in [0.15, 0.2) is 0 Å². The van der Waals surface area contributed by atoms with Gasteiger partial charge in [0.25, 0.3) is 0 Å². The summed E-state index contributed by atoms with van der Waals surface area (Å²) in [5, 5.41) is 27.9. The van der Waals surface area contributed by atoms with E-state index >= 15 is 0 Å². The van der Waals surface area contributed by atoms with E-state index in [9.17, 15) is 5.11 Å². The van der Waals surface area contributed by atoms with E-state index in [0.29, 0.717) is 15.0 Å². The molecule has 0 aromatic carbocycles. The molecular weight excluding hydrogens is 215 g/mol. The topological polar surface area (TPSA) is 69.9 Å². The molecule has 5 heteroatoms. The van der Waals surface area contributed by atoms with Crippen LogP contribution in [0.1, 0.15) is 0 Å². The Morgan fingerprint density at radius 2 is 1.91 bits per heavy atom. The van der Waals surface area contributed by atoms with E-state index < -0.39 is 18.5 Å². The summed E-state index contributed by atoms with van der Waals surface area (Å²) in [6.45, 7) is 0. The van der Waals surface area contributed by atoms with Gasteiger partial charge in [-0.05, 0) is 0 Å². The average molecular weight is 227 g/mol. The van der Waals surface area contributed by atoms with Gasteiger partial charge in [0.2, 0.25) is 0 Å². The van der Waals surface area contributed by atoms with Gasteiger partial charge in [-0.3, -0.25) is 0 Å². The van der Waals surface area contributed by atoms with Crippen molar-refractivity contribution >= 4 is 15.0 Å². The standard InChI is InChI=1S/C6H12O4Se/c1-11-2-3-4(7)5(8)6(9)10-3/h3-9H,2H2,1H3/t3-,4-,5-,6+/m1/s1. The van der Waals surface area contributed by atoms with Crippen LogP contribution in [0.5, 0.6) is 0 Å². The Morgan fingerprint density at radius 3 is 2.27 bits per heavy atom. The third-order valence-electron chi connectivity index (χ3n) is 1.67. The third kappa shape index (κ3) is 1.93. The molecule has 66 valence electrons. The second-order valence-electron chi connectivity index (χ2n) is 2.50. The molecule has 4 nitrogen and oxygen atoms in total. The SMILES string of the molecule is C[Se]C[C@H]1O[C@H](O)[C@H](O)[C@@H]1O. The summed E-state index contributed by atoms with van der Waals surface area (Å²) < 4.78 is 4.90. The molecule has 1 aliphatic rings. The zero-order valence-electron chi connectivity index (χ0n) is 6.17. The van der Waals surface area contributed by atoms with E-state index in [4.69, 9.17) is 14.9 Å². The van der Waals surface area contributed by atoms with Gasteiger partial charge in [0, 0.05) is 0 Å². The number of rotatable bonds is 2. The summed E-state index contributed by atoms with van der Waals surface area (Å²) in [6.07, 6.45) is -3.66. The maximum absolute atomic E-state index is 9.23. The van der Waals surface area contributed by atoms with Crippen molar-refractivity contribution in [1.82, 2.24) is 0 Å². The summed E-state index contributed by atoms with van der Waals surface area (Å²) in [5.74, 6) is 2.01. The van der Waals surface area contributed by atoms with Gasteiger partial charge in [-0.25, -0.2) is 0 Å². The first kappa shape index (κ1) is 9.45. The van der Waals surface area contributed by atoms with Crippen molar-refractivity contribution in [1.29, 1.82) is 0 Å². The Bertz CT molecular complexity index is 132. The van der Waals surface area contributed by atoms with Gasteiger partial charge in [-0.2, -0.15) is 0 Å². The molecule has 0 spiro atoms. The maximum atomic E-state index is 9.23. The van der Waals surface area contributed by atoms with Crippen molar-refractivity contribution in [3.05, 3.63) is 0 Å². The second kappa shape index (κ2) is 3.85. The number of aliphatic hydroxyl groups excluding tert-OH is 3. The predicted octanol–water partition coefficient (Wildman–Crippen LogP) is -1.40. The van der Waals surface area contributed by atoms with Crippen LogP contribution in [-0.4, -0.2) is 54.9 Å². The molecule has 11 heavy (non-hydrogen) atoms. The normalized spacial score (nSPS) is 44.7. The number of hydrogen-bond donors (Lipinski definition) is 3. The van der Waals surface area contributed by atoms with Gasteiger partial charge in [-0.15, -0.1) is 0 Å². The van der Waals surface area contributed by atoms with Crippen molar-refractivity contribution in [2.75, 3.05) is 0 Å². The molecule has 1 aliphatic heterocycles. The molecule has 3 N–H and O–H groups in total. The van der Waals surface area contributed by atoms with Crippen LogP contribution >= 0.6 is 0 Å². The molecule has 0 saturated carbocycles. The van der Waals surface area contributed by atoms with Crippen LogP contribution < -0.4 is 0 Å². The Balaban J connectivity index is 2.45. The zero-order chi connectivity index (χ0) is 8.43. The summed E-state index contributed by atoms with van der Waals surface area (Å²) in [7, 11) is 0. The van der Waals surface area contributed by atoms with Crippen molar-refractivity contribution in [3.63, 3.8) is 0 Å². The molecule has 0 amide bonds. The second-order valence-corrected chi connectivity index (χ2v) is 4.41. The van der Waals surface area contributed by atoms with Crippen molar-refractivity contribution in [3.8, 4) is 0 Å². The van der Waals surface area contributed by atoms with E-state index in [0.717, 1.165) is 5.32 Å². The fourth-order valence-corrected chi connectivity index (χ4v) is 2.30. The first-order chi connectivity index (χ1) is 5.16. The predicted molar refractivity (Wildman–Crippen MR) is 39.3 cm³/mol. The summed E-state index contributed by atoms with van der Waals surface area (Å²) in [5.41, 5.74) is 0. The summed E-state index contributed by atoms with van der Waals surface area (Å²) >= 11 is 0.384.